The van der Waals surface area contributed by atoms with Gasteiger partial charge in [0, 0.05) is 13.2 Å². The van der Waals surface area contributed by atoms with E-state index in [1.54, 1.807) is 7.11 Å². The lowest BCUT2D eigenvalue weighted by molar-refractivity contribution is 0.414. The number of benzene rings is 1. The van der Waals surface area contributed by atoms with Crippen LogP contribution in [0.15, 0.2) is 30.5 Å². The van der Waals surface area contributed by atoms with Crippen LogP contribution in [-0.2, 0) is 13.5 Å². The summed E-state index contributed by atoms with van der Waals surface area (Å²) in [4.78, 5) is 0. The van der Waals surface area contributed by atoms with Gasteiger partial charge in [-0.15, -0.1) is 0 Å². The molecule has 21 heavy (non-hydrogen) atoms. The molecule has 1 aliphatic rings. The van der Waals surface area contributed by atoms with Crippen LogP contribution >= 0.6 is 0 Å². The van der Waals surface area contributed by atoms with Crippen LogP contribution in [0.2, 0.25) is 0 Å². The Balaban J connectivity index is 1.84. The topological polar surface area (TPSA) is 39.1 Å². The Morgan fingerprint density at radius 3 is 2.62 bits per heavy atom. The monoisotopic (exact) mass is 285 g/mol. The molecular weight excluding hydrogens is 262 g/mol. The van der Waals surface area contributed by atoms with Gasteiger partial charge in [0.1, 0.15) is 5.75 Å². The molecule has 1 saturated carbocycles. The zero-order valence-electron chi connectivity index (χ0n) is 13.0. The summed E-state index contributed by atoms with van der Waals surface area (Å²) >= 11 is 0. The Hall–Kier alpha value is -1.97. The summed E-state index contributed by atoms with van der Waals surface area (Å²) in [6.45, 7) is 2.15. The van der Waals surface area contributed by atoms with Crippen LogP contribution in [0.5, 0.6) is 5.75 Å². The molecule has 0 spiro atoms. The Morgan fingerprint density at radius 1 is 1.33 bits per heavy atom. The van der Waals surface area contributed by atoms with E-state index < -0.39 is 0 Å². The predicted octanol–water partition coefficient (Wildman–Crippen LogP) is 3.55. The third kappa shape index (κ3) is 3.04. The van der Waals surface area contributed by atoms with Crippen LogP contribution in [-0.4, -0.2) is 16.9 Å². The van der Waals surface area contributed by atoms with Gasteiger partial charge < -0.3 is 10.1 Å². The first-order chi connectivity index (χ1) is 10.2. The summed E-state index contributed by atoms with van der Waals surface area (Å²) in [5, 5.41) is 8.23. The Labute approximate surface area is 126 Å². The van der Waals surface area contributed by atoms with E-state index in [0.29, 0.717) is 6.04 Å². The highest BCUT2D eigenvalue weighted by atomic mass is 16.5. The molecule has 1 heterocycles. The second-order valence-electron chi connectivity index (χ2n) is 5.75. The van der Waals surface area contributed by atoms with Gasteiger partial charge in [0.05, 0.1) is 24.5 Å². The normalized spacial score (nSPS) is 15.8. The van der Waals surface area contributed by atoms with Gasteiger partial charge in [0.15, 0.2) is 0 Å². The third-order valence-electron chi connectivity index (χ3n) is 4.12. The molecule has 0 saturated heterocycles. The second kappa shape index (κ2) is 5.80. The van der Waals surface area contributed by atoms with Crippen molar-refractivity contribution in [2.24, 2.45) is 13.0 Å². The summed E-state index contributed by atoms with van der Waals surface area (Å²) in [5.41, 5.74) is 3.62. The first kappa shape index (κ1) is 14.0. The van der Waals surface area contributed by atoms with Gasteiger partial charge in [-0.1, -0.05) is 19.1 Å². The molecule has 1 aliphatic carbocycles. The van der Waals surface area contributed by atoms with Crippen molar-refractivity contribution in [3.8, 4) is 5.75 Å². The molecule has 1 unspecified atom stereocenters. The summed E-state index contributed by atoms with van der Waals surface area (Å²) in [7, 11) is 3.68. The van der Waals surface area contributed by atoms with E-state index in [1.807, 2.05) is 23.9 Å². The number of rotatable bonds is 6. The van der Waals surface area contributed by atoms with Crippen LogP contribution < -0.4 is 10.1 Å². The number of aryl methyl sites for hydroxylation is 2. The number of aromatic nitrogens is 2. The highest BCUT2D eigenvalue weighted by Crippen LogP contribution is 2.43. The molecule has 4 heteroatoms. The summed E-state index contributed by atoms with van der Waals surface area (Å²) in [5.74, 6) is 1.63. The standard InChI is InChI=1S/C17H23N3O/c1-4-15-16(11-20(2)19-15)18-17(12-5-6-12)13-7-9-14(21-3)10-8-13/h7-12,17-18H,4-6H2,1-3H3. The molecule has 1 aromatic carbocycles. The Kier molecular flexibility index (Phi) is 3.86. The Bertz CT molecular complexity index is 599. The fourth-order valence-electron chi connectivity index (χ4n) is 2.80. The number of nitrogens with zero attached hydrogens (tertiary/aromatic N) is 2. The van der Waals surface area contributed by atoms with E-state index in [4.69, 9.17) is 4.74 Å². The first-order valence-corrected chi connectivity index (χ1v) is 7.64. The van der Waals surface area contributed by atoms with Crippen LogP contribution in [0.3, 0.4) is 0 Å². The first-order valence-electron chi connectivity index (χ1n) is 7.64. The van der Waals surface area contributed by atoms with Crippen LogP contribution in [0.25, 0.3) is 0 Å². The molecule has 0 bridgehead atoms. The molecule has 0 amide bonds. The third-order valence-corrected chi connectivity index (χ3v) is 4.12. The van der Waals surface area contributed by atoms with Gasteiger partial charge in [-0.25, -0.2) is 0 Å². The van der Waals surface area contributed by atoms with Crippen LogP contribution in [0.1, 0.15) is 37.1 Å². The van der Waals surface area contributed by atoms with E-state index in [9.17, 15) is 0 Å². The van der Waals surface area contributed by atoms with E-state index in [2.05, 4.69) is 35.7 Å². The predicted molar refractivity (Wildman–Crippen MR) is 84.7 cm³/mol. The second-order valence-corrected chi connectivity index (χ2v) is 5.75. The molecule has 1 aromatic heterocycles. The van der Waals surface area contributed by atoms with E-state index in [1.165, 1.54) is 18.4 Å². The maximum Gasteiger partial charge on any atom is 0.118 e. The fraction of sp³-hybridized carbons (Fsp3) is 0.471. The van der Waals surface area contributed by atoms with Crippen molar-refractivity contribution >= 4 is 5.69 Å². The lowest BCUT2D eigenvalue weighted by atomic mass is 10.0. The van der Waals surface area contributed by atoms with E-state index in [0.717, 1.165) is 29.5 Å². The molecule has 0 radical (unpaired) electrons. The van der Waals surface area contributed by atoms with Crippen molar-refractivity contribution < 1.29 is 4.74 Å². The number of hydrogen-bond donors (Lipinski definition) is 1. The number of ether oxygens (including phenoxy) is 1. The molecule has 1 fully saturated rings. The lowest BCUT2D eigenvalue weighted by Gasteiger charge is -2.20. The van der Waals surface area contributed by atoms with Gasteiger partial charge in [-0.3, -0.25) is 4.68 Å². The summed E-state index contributed by atoms with van der Waals surface area (Å²) < 4.78 is 7.14. The molecule has 1 atom stereocenters. The van der Waals surface area contributed by atoms with E-state index >= 15 is 0 Å². The van der Waals surface area contributed by atoms with Crippen LogP contribution in [0, 0.1) is 5.92 Å². The Morgan fingerprint density at radius 2 is 2.05 bits per heavy atom. The van der Waals surface area contributed by atoms with Gasteiger partial charge in [0.2, 0.25) is 0 Å². The SMILES string of the molecule is CCc1nn(C)cc1NC(c1ccc(OC)cc1)C1CC1. The minimum Gasteiger partial charge on any atom is -0.497 e. The zero-order valence-corrected chi connectivity index (χ0v) is 13.0. The highest BCUT2D eigenvalue weighted by Gasteiger charge is 2.33. The summed E-state index contributed by atoms with van der Waals surface area (Å²) in [6, 6.07) is 8.77. The van der Waals surface area contributed by atoms with Crippen molar-refractivity contribution in [1.82, 2.24) is 9.78 Å². The number of hydrogen-bond acceptors (Lipinski definition) is 3. The van der Waals surface area contributed by atoms with Gasteiger partial charge in [-0.05, 0) is 42.9 Å². The van der Waals surface area contributed by atoms with Crippen molar-refractivity contribution in [3.05, 3.63) is 41.7 Å². The van der Waals surface area contributed by atoms with E-state index in [-0.39, 0.29) is 0 Å². The quantitative estimate of drug-likeness (QED) is 0.882. The maximum atomic E-state index is 5.25. The lowest BCUT2D eigenvalue weighted by Crippen LogP contribution is -2.13. The van der Waals surface area contributed by atoms with Crippen LogP contribution in [0.4, 0.5) is 5.69 Å². The van der Waals surface area contributed by atoms with Crippen molar-refractivity contribution in [2.75, 3.05) is 12.4 Å². The molecule has 2 aromatic rings. The average molecular weight is 285 g/mol. The zero-order chi connectivity index (χ0) is 14.8. The average Bonchev–Trinajstić information content (AvgIpc) is 3.28. The molecule has 0 aliphatic heterocycles. The summed E-state index contributed by atoms with van der Waals surface area (Å²) in [6.07, 6.45) is 5.62. The number of nitrogens with one attached hydrogen (secondary N) is 1. The largest absolute Gasteiger partial charge is 0.497 e. The van der Waals surface area contributed by atoms with Crippen molar-refractivity contribution in [2.45, 2.75) is 32.2 Å². The molecular formula is C17H23N3O. The van der Waals surface area contributed by atoms with Crippen molar-refractivity contribution in [1.29, 1.82) is 0 Å². The fourth-order valence-corrected chi connectivity index (χ4v) is 2.80. The molecule has 1 N–H and O–H groups in total. The maximum absolute atomic E-state index is 5.25. The smallest absolute Gasteiger partial charge is 0.118 e. The van der Waals surface area contributed by atoms with Gasteiger partial charge in [0.25, 0.3) is 0 Å². The highest BCUT2D eigenvalue weighted by molar-refractivity contribution is 5.49. The van der Waals surface area contributed by atoms with Gasteiger partial charge in [-0.2, -0.15) is 5.10 Å². The number of methoxy groups -OCH3 is 1. The van der Waals surface area contributed by atoms with Crippen molar-refractivity contribution in [3.63, 3.8) is 0 Å². The minimum absolute atomic E-state index is 0.366. The molecule has 3 rings (SSSR count). The molecule has 112 valence electrons. The van der Waals surface area contributed by atoms with Gasteiger partial charge >= 0.3 is 0 Å². The minimum atomic E-state index is 0.366. The number of anilines is 1. The molecule has 4 nitrogen and oxygen atoms in total.